The number of benzene rings is 3. The number of carbonyl (C=O) groups excluding carboxylic acids is 2. The van der Waals surface area contributed by atoms with Crippen LogP contribution in [-0.2, 0) is 21.2 Å². The molecule has 59 heavy (non-hydrogen) atoms. The topological polar surface area (TPSA) is 152 Å². The number of ether oxygens (including phenoxy) is 1. The maximum absolute atomic E-state index is 13.1. The van der Waals surface area contributed by atoms with E-state index in [2.05, 4.69) is 71.8 Å². The van der Waals surface area contributed by atoms with Crippen LogP contribution in [0.25, 0.3) is 0 Å². The van der Waals surface area contributed by atoms with Gasteiger partial charge in [0.15, 0.2) is 15.7 Å². The third-order valence-corrected chi connectivity index (χ3v) is 13.6. The van der Waals surface area contributed by atoms with Gasteiger partial charge in [0.1, 0.15) is 10.8 Å². The predicted molar refractivity (Wildman–Crippen MR) is 233 cm³/mol. The van der Waals surface area contributed by atoms with Crippen molar-refractivity contribution in [3.63, 3.8) is 0 Å². The van der Waals surface area contributed by atoms with Crippen LogP contribution >= 0.6 is 11.6 Å². The summed E-state index contributed by atoms with van der Waals surface area (Å²) in [5.41, 5.74) is 5.30. The molecule has 3 N–H and O–H groups in total. The third-order valence-electron chi connectivity index (χ3n) is 11.1. The second kappa shape index (κ2) is 18.1. The van der Waals surface area contributed by atoms with E-state index in [4.69, 9.17) is 16.3 Å². The molecule has 3 aliphatic heterocycles. The highest BCUT2D eigenvalue weighted by Gasteiger charge is 2.30. The van der Waals surface area contributed by atoms with Gasteiger partial charge < -0.3 is 20.3 Å². The Morgan fingerprint density at radius 2 is 1.64 bits per heavy atom. The Morgan fingerprint density at radius 3 is 2.36 bits per heavy atom. The van der Waals surface area contributed by atoms with Gasteiger partial charge in [-0.1, -0.05) is 35.9 Å². The molecule has 4 aromatic rings. The fourth-order valence-electron chi connectivity index (χ4n) is 7.95. The van der Waals surface area contributed by atoms with Crippen LogP contribution in [0.4, 0.5) is 39.3 Å². The van der Waals surface area contributed by atoms with Crippen molar-refractivity contribution >= 4 is 67.9 Å². The molecule has 0 bridgehead atoms. The number of nitrogens with zero attached hydrogens (tertiary/aromatic N) is 6. The van der Waals surface area contributed by atoms with Crippen LogP contribution in [0, 0.1) is 6.92 Å². The third kappa shape index (κ3) is 9.92. The van der Waals surface area contributed by atoms with Crippen molar-refractivity contribution < 1.29 is 22.7 Å². The molecule has 314 valence electrons. The van der Waals surface area contributed by atoms with Gasteiger partial charge in [0.05, 0.1) is 33.8 Å². The van der Waals surface area contributed by atoms with Crippen LogP contribution in [0.5, 0.6) is 5.75 Å². The summed E-state index contributed by atoms with van der Waals surface area (Å²) in [7, 11) is -3.57. The standard InChI is InChI=1S/C43H54ClN9O5S/c1-28(2)58-38-25-37(30(5)23-36(38)47-42-45-26-34(44)41(49-42)46-35-11-6-7-12-39(35)59(56,57)29(3)4)52-16-13-32(14-17-52)51-21-19-50(20-22-51)27-31-9-8-10-33(24-31)53-18-15-40(54)48-43(53)55/h6-12,23-26,28-29,32H,13-22,27H2,1-5H3,(H,48,54,55)(H2,45,46,47,49). The van der Waals surface area contributed by atoms with Crippen molar-refractivity contribution in [1.82, 2.24) is 25.1 Å². The van der Waals surface area contributed by atoms with Crippen LogP contribution in [0.2, 0.25) is 5.02 Å². The lowest BCUT2D eigenvalue weighted by Gasteiger charge is -2.43. The molecule has 0 aliphatic carbocycles. The second-order valence-electron chi connectivity index (χ2n) is 16.0. The fourth-order valence-corrected chi connectivity index (χ4v) is 9.29. The maximum Gasteiger partial charge on any atom is 0.328 e. The molecule has 0 unspecified atom stereocenters. The minimum Gasteiger partial charge on any atom is -0.489 e. The van der Waals surface area contributed by atoms with Gasteiger partial charge in [0.2, 0.25) is 11.9 Å². The SMILES string of the molecule is Cc1cc(Nc2ncc(Cl)c(Nc3ccccc3S(=O)(=O)C(C)C)n2)c(OC(C)C)cc1N1CCC(N2CCN(Cc3cccc(N4CCC(=O)NC4=O)c3)CC2)CC1. The summed E-state index contributed by atoms with van der Waals surface area (Å²) in [5, 5.41) is 8.52. The van der Waals surface area contributed by atoms with E-state index < -0.39 is 15.1 Å². The molecule has 4 heterocycles. The summed E-state index contributed by atoms with van der Waals surface area (Å²) in [6.07, 6.45) is 3.85. The highest BCUT2D eigenvalue weighted by molar-refractivity contribution is 7.92. The highest BCUT2D eigenvalue weighted by atomic mass is 35.5. The lowest BCUT2D eigenvalue weighted by molar-refractivity contribution is -0.120. The monoisotopic (exact) mass is 843 g/mol. The first-order chi connectivity index (χ1) is 28.2. The van der Waals surface area contributed by atoms with E-state index in [0.717, 1.165) is 81.2 Å². The zero-order valence-electron chi connectivity index (χ0n) is 34.4. The smallest absolute Gasteiger partial charge is 0.328 e. The summed E-state index contributed by atoms with van der Waals surface area (Å²) in [4.78, 5) is 42.5. The minimum absolute atomic E-state index is 0.0784. The highest BCUT2D eigenvalue weighted by Crippen LogP contribution is 2.38. The van der Waals surface area contributed by atoms with Crippen molar-refractivity contribution in [2.75, 3.05) is 66.2 Å². The van der Waals surface area contributed by atoms with Gasteiger partial charge in [0.25, 0.3) is 0 Å². The largest absolute Gasteiger partial charge is 0.489 e. The van der Waals surface area contributed by atoms with E-state index in [1.165, 1.54) is 6.20 Å². The van der Waals surface area contributed by atoms with Crippen LogP contribution in [0.15, 0.2) is 71.8 Å². The van der Waals surface area contributed by atoms with Gasteiger partial charge in [-0.3, -0.25) is 24.8 Å². The number of halogens is 1. The van der Waals surface area contributed by atoms with Gasteiger partial charge in [-0.15, -0.1) is 0 Å². The number of sulfone groups is 1. The Bertz CT molecular complexity index is 2280. The van der Waals surface area contributed by atoms with E-state index in [0.29, 0.717) is 36.1 Å². The number of carbonyl (C=O) groups is 2. The molecule has 0 radical (unpaired) electrons. The number of amides is 3. The maximum atomic E-state index is 13.1. The van der Waals surface area contributed by atoms with E-state index >= 15 is 0 Å². The molecule has 0 spiro atoms. The number of aryl methyl sites for hydroxylation is 1. The average Bonchev–Trinajstić information content (AvgIpc) is 3.20. The van der Waals surface area contributed by atoms with E-state index in [-0.39, 0.29) is 39.7 Å². The molecular weight excluding hydrogens is 790 g/mol. The molecule has 7 rings (SSSR count). The van der Waals surface area contributed by atoms with E-state index in [1.54, 1.807) is 43.0 Å². The summed E-state index contributed by atoms with van der Waals surface area (Å²) in [6, 6.07) is 19.1. The van der Waals surface area contributed by atoms with Gasteiger partial charge in [0, 0.05) is 82.3 Å². The van der Waals surface area contributed by atoms with E-state index in [1.807, 2.05) is 26.0 Å². The Morgan fingerprint density at radius 1 is 0.898 bits per heavy atom. The number of imide groups is 1. The Hall–Kier alpha value is -4.96. The van der Waals surface area contributed by atoms with Crippen molar-refractivity contribution in [1.29, 1.82) is 0 Å². The van der Waals surface area contributed by atoms with Crippen LogP contribution in [0.3, 0.4) is 0 Å². The van der Waals surface area contributed by atoms with Gasteiger partial charge >= 0.3 is 6.03 Å². The molecule has 3 aliphatic rings. The van der Waals surface area contributed by atoms with Crippen molar-refractivity contribution in [3.05, 3.63) is 83.0 Å². The van der Waals surface area contributed by atoms with Gasteiger partial charge in [-0.2, -0.15) is 4.98 Å². The van der Waals surface area contributed by atoms with Crippen LogP contribution < -0.4 is 30.5 Å². The fraction of sp³-hybridized carbons (Fsp3) is 0.442. The van der Waals surface area contributed by atoms with Gasteiger partial charge in [-0.05, 0) is 88.9 Å². The number of anilines is 6. The first kappa shape index (κ1) is 42.2. The predicted octanol–water partition coefficient (Wildman–Crippen LogP) is 7.13. The number of hydrogen-bond donors (Lipinski definition) is 3. The Kier molecular flexibility index (Phi) is 13.0. The normalized spacial score (nSPS) is 17.4. The van der Waals surface area contributed by atoms with Crippen LogP contribution in [0.1, 0.15) is 58.1 Å². The molecule has 1 aromatic heterocycles. The second-order valence-corrected chi connectivity index (χ2v) is 18.9. The number of aromatic nitrogens is 2. The van der Waals surface area contributed by atoms with E-state index in [9.17, 15) is 18.0 Å². The van der Waals surface area contributed by atoms with Crippen molar-refractivity contribution in [3.8, 4) is 5.75 Å². The number of para-hydroxylation sites is 1. The lowest BCUT2D eigenvalue weighted by atomic mass is 10.00. The summed E-state index contributed by atoms with van der Waals surface area (Å²) < 4.78 is 32.5. The van der Waals surface area contributed by atoms with Crippen LogP contribution in [-0.4, -0.2) is 103 Å². The number of hydrogen-bond acceptors (Lipinski definition) is 12. The summed E-state index contributed by atoms with van der Waals surface area (Å²) in [5.74, 6) is 1.01. The molecule has 3 fully saturated rings. The zero-order chi connectivity index (χ0) is 41.8. The number of rotatable bonds is 13. The number of nitrogens with one attached hydrogen (secondary N) is 3. The molecule has 3 amide bonds. The number of piperidine rings is 1. The number of piperazine rings is 1. The number of urea groups is 1. The zero-order valence-corrected chi connectivity index (χ0v) is 35.9. The van der Waals surface area contributed by atoms with Crippen molar-refractivity contribution in [2.45, 2.75) is 82.7 Å². The Labute approximate surface area is 352 Å². The molecule has 3 aromatic carbocycles. The molecule has 16 heteroatoms. The minimum atomic E-state index is -3.57. The molecule has 14 nitrogen and oxygen atoms in total. The lowest BCUT2D eigenvalue weighted by Crippen LogP contribution is -2.53. The Balaban J connectivity index is 0.970. The molecular formula is C43H54ClN9O5S. The molecule has 0 saturated carbocycles. The molecule has 3 saturated heterocycles. The van der Waals surface area contributed by atoms with Gasteiger partial charge in [-0.25, -0.2) is 18.2 Å². The summed E-state index contributed by atoms with van der Waals surface area (Å²) in [6.45, 7) is 16.5. The summed E-state index contributed by atoms with van der Waals surface area (Å²) >= 11 is 6.52. The van der Waals surface area contributed by atoms with Crippen molar-refractivity contribution in [2.24, 2.45) is 0 Å². The average molecular weight is 844 g/mol. The quantitative estimate of drug-likeness (QED) is 0.126. The first-order valence-corrected chi connectivity index (χ1v) is 22.3. The molecule has 0 atom stereocenters. The first-order valence-electron chi connectivity index (χ1n) is 20.4.